The molecule has 0 radical (unpaired) electrons. The summed E-state index contributed by atoms with van der Waals surface area (Å²) in [6.45, 7) is 3.29. The molecular formula is C19H26O10. The van der Waals surface area contributed by atoms with E-state index in [0.29, 0.717) is 0 Å². The van der Waals surface area contributed by atoms with E-state index >= 15 is 0 Å². The summed E-state index contributed by atoms with van der Waals surface area (Å²) >= 11 is 0. The molecule has 1 fully saturated rings. The second-order valence-corrected chi connectivity index (χ2v) is 7.38. The summed E-state index contributed by atoms with van der Waals surface area (Å²) in [7, 11) is 4.27. The highest BCUT2D eigenvalue weighted by Gasteiger charge is 2.72. The molecule has 1 saturated carbocycles. The van der Waals surface area contributed by atoms with Crippen LogP contribution in [0.5, 0.6) is 0 Å². The van der Waals surface area contributed by atoms with Gasteiger partial charge in [-0.05, 0) is 11.8 Å². The Hall–Kier alpha value is -2.62. The second-order valence-electron chi connectivity index (χ2n) is 7.38. The predicted molar refractivity (Wildman–Crippen MR) is 95.0 cm³/mol. The SMILES string of the molecule is COC(=O)C1=C(O)[C@H](C(=O)OC)[C@@]2(O)[C@H](C(=O)OC)[C@H]1[C@H](C)[C@@H](C)[C@@H]2C(=O)OC. The Kier molecular flexibility index (Phi) is 6.27. The molecule has 0 aromatic carbocycles. The van der Waals surface area contributed by atoms with Crippen LogP contribution in [-0.2, 0) is 38.1 Å². The zero-order valence-corrected chi connectivity index (χ0v) is 17.1. The molecule has 2 rings (SSSR count). The molecule has 10 heteroatoms. The lowest BCUT2D eigenvalue weighted by molar-refractivity contribution is -0.219. The molecule has 0 saturated heterocycles. The second kappa shape index (κ2) is 8.02. The lowest BCUT2D eigenvalue weighted by Gasteiger charge is -2.57. The third-order valence-electron chi connectivity index (χ3n) is 6.37. The number of aliphatic hydroxyl groups excluding tert-OH is 1. The maximum absolute atomic E-state index is 12.8. The van der Waals surface area contributed by atoms with Gasteiger partial charge in [0.1, 0.15) is 17.3 Å². The summed E-state index contributed by atoms with van der Waals surface area (Å²) in [6, 6.07) is 0. The fourth-order valence-corrected chi connectivity index (χ4v) is 4.93. The molecule has 162 valence electrons. The number of ether oxygens (including phenoxy) is 4. The minimum Gasteiger partial charge on any atom is -0.511 e. The van der Waals surface area contributed by atoms with Gasteiger partial charge in [-0.25, -0.2) is 4.79 Å². The van der Waals surface area contributed by atoms with Crippen molar-refractivity contribution in [2.45, 2.75) is 19.4 Å². The van der Waals surface area contributed by atoms with Gasteiger partial charge in [0, 0.05) is 5.92 Å². The number of methoxy groups -OCH3 is 4. The first-order valence-electron chi connectivity index (χ1n) is 9.01. The van der Waals surface area contributed by atoms with Crippen molar-refractivity contribution in [2.24, 2.45) is 35.5 Å². The molecular weight excluding hydrogens is 388 g/mol. The number of aliphatic hydroxyl groups is 2. The lowest BCUT2D eigenvalue weighted by atomic mass is 9.47. The van der Waals surface area contributed by atoms with Gasteiger partial charge in [0.15, 0.2) is 0 Å². The van der Waals surface area contributed by atoms with Crippen LogP contribution in [0, 0.1) is 35.5 Å². The summed E-state index contributed by atoms with van der Waals surface area (Å²) in [6.07, 6.45) is 0. The van der Waals surface area contributed by atoms with Crippen LogP contribution >= 0.6 is 0 Å². The van der Waals surface area contributed by atoms with Crippen LogP contribution in [0.2, 0.25) is 0 Å². The van der Waals surface area contributed by atoms with Crippen molar-refractivity contribution in [3.8, 4) is 0 Å². The first kappa shape index (κ1) is 22.7. The van der Waals surface area contributed by atoms with E-state index < -0.39 is 70.7 Å². The minimum absolute atomic E-state index is 0.328. The van der Waals surface area contributed by atoms with E-state index in [9.17, 15) is 29.4 Å². The zero-order valence-electron chi connectivity index (χ0n) is 17.1. The molecule has 7 atom stereocenters. The fourth-order valence-electron chi connectivity index (χ4n) is 4.93. The molecule has 0 amide bonds. The molecule has 0 aromatic heterocycles. The van der Waals surface area contributed by atoms with Crippen LogP contribution in [0.3, 0.4) is 0 Å². The van der Waals surface area contributed by atoms with Gasteiger partial charge in [-0.15, -0.1) is 0 Å². The molecule has 2 aliphatic rings. The molecule has 29 heavy (non-hydrogen) atoms. The minimum atomic E-state index is -2.45. The summed E-state index contributed by atoms with van der Waals surface area (Å²) in [5, 5.41) is 22.6. The third-order valence-corrected chi connectivity index (χ3v) is 6.37. The Balaban J connectivity index is 2.96. The molecule has 0 aliphatic heterocycles. The Morgan fingerprint density at radius 3 is 1.72 bits per heavy atom. The molecule has 0 unspecified atom stereocenters. The van der Waals surface area contributed by atoms with Crippen molar-refractivity contribution < 1.29 is 48.3 Å². The van der Waals surface area contributed by atoms with E-state index in [1.807, 2.05) is 0 Å². The smallest absolute Gasteiger partial charge is 0.337 e. The number of esters is 4. The molecule has 0 aromatic rings. The van der Waals surface area contributed by atoms with Gasteiger partial charge in [0.05, 0.1) is 45.8 Å². The number of rotatable bonds is 4. The average molecular weight is 414 g/mol. The van der Waals surface area contributed by atoms with Crippen LogP contribution in [-0.4, -0.2) is 68.1 Å². The molecule has 0 heterocycles. The van der Waals surface area contributed by atoms with Gasteiger partial charge < -0.3 is 29.2 Å². The highest BCUT2D eigenvalue weighted by Crippen LogP contribution is 2.59. The van der Waals surface area contributed by atoms with Crippen LogP contribution in [0.25, 0.3) is 0 Å². The summed E-state index contributed by atoms with van der Waals surface area (Å²) < 4.78 is 19.1. The summed E-state index contributed by atoms with van der Waals surface area (Å²) in [5.41, 5.74) is -2.78. The van der Waals surface area contributed by atoms with E-state index in [2.05, 4.69) is 0 Å². The van der Waals surface area contributed by atoms with E-state index in [0.717, 1.165) is 28.4 Å². The highest BCUT2D eigenvalue weighted by atomic mass is 16.5. The number of hydrogen-bond donors (Lipinski definition) is 2. The predicted octanol–water partition coefficient (Wildman–Crippen LogP) is -0.0142. The monoisotopic (exact) mass is 414 g/mol. The average Bonchev–Trinajstić information content (AvgIpc) is 2.70. The maximum Gasteiger partial charge on any atom is 0.337 e. The Morgan fingerprint density at radius 1 is 0.793 bits per heavy atom. The zero-order chi connectivity index (χ0) is 22.3. The molecule has 2 aliphatic carbocycles. The van der Waals surface area contributed by atoms with Crippen LogP contribution < -0.4 is 0 Å². The Bertz CT molecular complexity index is 756. The summed E-state index contributed by atoms with van der Waals surface area (Å²) in [4.78, 5) is 50.5. The van der Waals surface area contributed by atoms with Gasteiger partial charge in [-0.2, -0.15) is 0 Å². The molecule has 0 spiro atoms. The fraction of sp³-hybridized carbons (Fsp3) is 0.684. The van der Waals surface area contributed by atoms with Crippen molar-refractivity contribution in [2.75, 3.05) is 28.4 Å². The Morgan fingerprint density at radius 2 is 1.28 bits per heavy atom. The van der Waals surface area contributed by atoms with Crippen LogP contribution in [0.15, 0.2) is 11.3 Å². The van der Waals surface area contributed by atoms with Gasteiger partial charge in [-0.3, -0.25) is 14.4 Å². The van der Waals surface area contributed by atoms with Crippen molar-refractivity contribution in [1.29, 1.82) is 0 Å². The number of carbonyl (C=O) groups is 4. The standard InChI is InChI=1S/C19H26O10/c1-7-8(2)11(16(22)27-4)19(25)12(17(23)28-5)9(7)10(15(21)26-3)14(20)13(19)18(24)29-6/h7-9,11-13,20,25H,1-6H3/t7-,8-,9+,11-,12+,13-,19+/m1/s1. The molecule has 2 bridgehead atoms. The number of hydrogen-bond acceptors (Lipinski definition) is 10. The highest BCUT2D eigenvalue weighted by molar-refractivity contribution is 5.95. The largest absolute Gasteiger partial charge is 0.511 e. The van der Waals surface area contributed by atoms with E-state index in [1.165, 1.54) is 0 Å². The van der Waals surface area contributed by atoms with E-state index in [4.69, 9.17) is 18.9 Å². The van der Waals surface area contributed by atoms with Crippen molar-refractivity contribution >= 4 is 23.9 Å². The van der Waals surface area contributed by atoms with Gasteiger partial charge >= 0.3 is 23.9 Å². The van der Waals surface area contributed by atoms with Crippen molar-refractivity contribution in [3.63, 3.8) is 0 Å². The number of fused-ring (bicyclic) bond motifs is 2. The number of carbonyl (C=O) groups excluding carboxylic acids is 4. The summed E-state index contributed by atoms with van der Waals surface area (Å²) in [5.74, 6) is -11.8. The first-order valence-corrected chi connectivity index (χ1v) is 9.01. The molecule has 2 N–H and O–H groups in total. The molecule has 10 nitrogen and oxygen atoms in total. The van der Waals surface area contributed by atoms with E-state index in [1.54, 1.807) is 13.8 Å². The quantitative estimate of drug-likeness (QED) is 0.475. The van der Waals surface area contributed by atoms with Crippen LogP contribution in [0.1, 0.15) is 13.8 Å². The maximum atomic E-state index is 12.8. The van der Waals surface area contributed by atoms with Gasteiger partial charge in [0.25, 0.3) is 0 Å². The first-order chi connectivity index (χ1) is 13.5. The van der Waals surface area contributed by atoms with E-state index in [-0.39, 0.29) is 5.57 Å². The van der Waals surface area contributed by atoms with Crippen molar-refractivity contribution in [3.05, 3.63) is 11.3 Å². The normalized spacial score (nSPS) is 36.1. The lowest BCUT2D eigenvalue weighted by Crippen LogP contribution is -2.70. The van der Waals surface area contributed by atoms with Gasteiger partial charge in [-0.1, -0.05) is 13.8 Å². The topological polar surface area (TPSA) is 146 Å². The van der Waals surface area contributed by atoms with Gasteiger partial charge in [0.2, 0.25) is 0 Å². The Labute approximate surface area is 167 Å². The van der Waals surface area contributed by atoms with Crippen LogP contribution in [0.4, 0.5) is 0 Å². The third kappa shape index (κ3) is 3.06. The van der Waals surface area contributed by atoms with Crippen molar-refractivity contribution in [1.82, 2.24) is 0 Å².